The third kappa shape index (κ3) is 3.04. The van der Waals surface area contributed by atoms with Gasteiger partial charge in [0.25, 0.3) is 5.91 Å². The molecule has 1 saturated carbocycles. The number of carbonyl (C=O) groups is 3. The van der Waals surface area contributed by atoms with Crippen molar-refractivity contribution in [3.8, 4) is 0 Å². The molecule has 2 aromatic rings. The first-order valence-corrected chi connectivity index (χ1v) is 8.03. The number of benzene rings is 1. The number of Topliss-reactive ketones (excluding diaryl/α,β-unsaturated/α-hetero) is 1. The first-order chi connectivity index (χ1) is 11.5. The number of fused-ring (bicyclic) bond motifs is 1. The topological polar surface area (TPSA) is 85.6 Å². The average Bonchev–Trinajstić information content (AvgIpc) is 3.36. The molecule has 1 heterocycles. The van der Waals surface area contributed by atoms with Crippen LogP contribution in [0.1, 0.15) is 46.2 Å². The molecule has 1 N–H and O–H groups in total. The van der Waals surface area contributed by atoms with E-state index in [1.165, 1.54) is 0 Å². The monoisotopic (exact) mass is 329 g/mol. The SMILES string of the molecule is CCOC(=O)c1oc2cccc(C(=O)NCC(=O)C3CC3)c2c1C. The highest BCUT2D eigenvalue weighted by Crippen LogP contribution is 2.30. The number of furan rings is 1. The van der Waals surface area contributed by atoms with Crippen LogP contribution in [0.25, 0.3) is 11.0 Å². The van der Waals surface area contributed by atoms with Crippen LogP contribution in [-0.2, 0) is 9.53 Å². The summed E-state index contributed by atoms with van der Waals surface area (Å²) in [5, 5.41) is 3.22. The van der Waals surface area contributed by atoms with Gasteiger partial charge in [0.2, 0.25) is 5.76 Å². The summed E-state index contributed by atoms with van der Waals surface area (Å²) in [6, 6.07) is 5.02. The number of carbonyl (C=O) groups excluding carboxylic acids is 3. The van der Waals surface area contributed by atoms with Crippen molar-refractivity contribution in [3.63, 3.8) is 0 Å². The summed E-state index contributed by atoms with van der Waals surface area (Å²) in [7, 11) is 0. The molecule has 1 aromatic heterocycles. The maximum absolute atomic E-state index is 12.4. The van der Waals surface area contributed by atoms with Gasteiger partial charge in [-0.1, -0.05) is 6.07 Å². The molecule has 0 radical (unpaired) electrons. The minimum absolute atomic E-state index is 0.0293. The molecule has 1 fully saturated rings. The van der Waals surface area contributed by atoms with E-state index in [1.54, 1.807) is 32.0 Å². The van der Waals surface area contributed by atoms with E-state index < -0.39 is 5.97 Å². The van der Waals surface area contributed by atoms with E-state index in [2.05, 4.69) is 5.32 Å². The summed E-state index contributed by atoms with van der Waals surface area (Å²) in [5.41, 5.74) is 1.38. The van der Waals surface area contributed by atoms with Crippen LogP contribution >= 0.6 is 0 Å². The predicted molar refractivity (Wildman–Crippen MR) is 87.0 cm³/mol. The zero-order valence-electron chi connectivity index (χ0n) is 13.7. The van der Waals surface area contributed by atoms with Crippen molar-refractivity contribution < 1.29 is 23.5 Å². The number of ether oxygens (including phenoxy) is 1. The normalized spacial score (nSPS) is 13.8. The smallest absolute Gasteiger partial charge is 0.374 e. The summed E-state index contributed by atoms with van der Waals surface area (Å²) < 4.78 is 10.5. The van der Waals surface area contributed by atoms with Crippen molar-refractivity contribution in [2.45, 2.75) is 26.7 Å². The molecule has 0 saturated heterocycles. The number of amides is 1. The molecule has 0 atom stereocenters. The molecule has 0 aliphatic heterocycles. The van der Waals surface area contributed by atoms with Gasteiger partial charge in [-0.2, -0.15) is 0 Å². The van der Waals surface area contributed by atoms with Crippen LogP contribution < -0.4 is 5.32 Å². The second kappa shape index (κ2) is 6.47. The van der Waals surface area contributed by atoms with Crippen LogP contribution in [-0.4, -0.2) is 30.8 Å². The lowest BCUT2D eigenvalue weighted by Gasteiger charge is -2.05. The molecule has 1 aromatic carbocycles. The summed E-state index contributed by atoms with van der Waals surface area (Å²) in [4.78, 5) is 36.1. The molecule has 0 unspecified atom stereocenters. The second-order valence-electron chi connectivity index (χ2n) is 5.88. The van der Waals surface area contributed by atoms with Gasteiger partial charge in [0, 0.05) is 16.9 Å². The van der Waals surface area contributed by atoms with E-state index in [0.29, 0.717) is 22.1 Å². The molecular formula is C18H19NO5. The van der Waals surface area contributed by atoms with Gasteiger partial charge in [0.1, 0.15) is 5.58 Å². The number of esters is 1. The van der Waals surface area contributed by atoms with Crippen molar-refractivity contribution in [1.82, 2.24) is 5.32 Å². The maximum atomic E-state index is 12.4. The number of rotatable bonds is 6. The lowest BCUT2D eigenvalue weighted by molar-refractivity contribution is -0.119. The molecule has 6 nitrogen and oxygen atoms in total. The summed E-state index contributed by atoms with van der Waals surface area (Å²) in [6.45, 7) is 3.70. The Morgan fingerprint density at radius 2 is 2.04 bits per heavy atom. The van der Waals surface area contributed by atoms with E-state index in [0.717, 1.165) is 12.8 Å². The molecule has 24 heavy (non-hydrogen) atoms. The van der Waals surface area contributed by atoms with Crippen molar-refractivity contribution in [3.05, 3.63) is 35.1 Å². The Morgan fingerprint density at radius 3 is 2.71 bits per heavy atom. The Bertz CT molecular complexity index is 816. The maximum Gasteiger partial charge on any atom is 0.374 e. The number of hydrogen-bond donors (Lipinski definition) is 1. The number of hydrogen-bond acceptors (Lipinski definition) is 5. The second-order valence-corrected chi connectivity index (χ2v) is 5.88. The van der Waals surface area contributed by atoms with E-state index in [9.17, 15) is 14.4 Å². The summed E-state index contributed by atoms with van der Waals surface area (Å²) in [6.07, 6.45) is 1.82. The predicted octanol–water partition coefficient (Wildman–Crippen LogP) is 2.63. The van der Waals surface area contributed by atoms with Gasteiger partial charge >= 0.3 is 5.97 Å². The third-order valence-corrected chi connectivity index (χ3v) is 4.12. The van der Waals surface area contributed by atoms with E-state index in [1.807, 2.05) is 0 Å². The molecule has 1 amide bonds. The van der Waals surface area contributed by atoms with Crippen molar-refractivity contribution in [2.75, 3.05) is 13.2 Å². The third-order valence-electron chi connectivity index (χ3n) is 4.12. The molecular weight excluding hydrogens is 310 g/mol. The van der Waals surface area contributed by atoms with Crippen LogP contribution in [0.4, 0.5) is 0 Å². The first-order valence-electron chi connectivity index (χ1n) is 8.03. The fourth-order valence-corrected chi connectivity index (χ4v) is 2.70. The van der Waals surface area contributed by atoms with Crippen LogP contribution in [0.2, 0.25) is 0 Å². The highest BCUT2D eigenvalue weighted by Gasteiger charge is 2.29. The summed E-state index contributed by atoms with van der Waals surface area (Å²) >= 11 is 0. The lowest BCUT2D eigenvalue weighted by Crippen LogP contribution is -2.30. The number of aryl methyl sites for hydroxylation is 1. The summed E-state index contributed by atoms with van der Waals surface area (Å²) in [5.74, 6) is -0.643. The van der Waals surface area contributed by atoms with Gasteiger partial charge in [0.05, 0.1) is 18.7 Å². The number of ketones is 1. The van der Waals surface area contributed by atoms with Gasteiger partial charge in [-0.3, -0.25) is 9.59 Å². The minimum Gasteiger partial charge on any atom is -0.460 e. The Morgan fingerprint density at radius 1 is 1.29 bits per heavy atom. The van der Waals surface area contributed by atoms with Gasteiger partial charge in [-0.15, -0.1) is 0 Å². The zero-order valence-corrected chi connectivity index (χ0v) is 13.7. The molecule has 6 heteroatoms. The standard InChI is InChI=1S/C18H19NO5/c1-3-23-18(22)16-10(2)15-12(5-4-6-14(15)24-16)17(21)19-9-13(20)11-7-8-11/h4-6,11H,3,7-9H2,1-2H3,(H,19,21). The van der Waals surface area contributed by atoms with Gasteiger partial charge in [-0.25, -0.2) is 4.79 Å². The van der Waals surface area contributed by atoms with E-state index in [-0.39, 0.29) is 36.5 Å². The molecule has 1 aliphatic carbocycles. The van der Waals surface area contributed by atoms with Crippen LogP contribution in [0.15, 0.2) is 22.6 Å². The van der Waals surface area contributed by atoms with Gasteiger partial charge < -0.3 is 14.5 Å². The highest BCUT2D eigenvalue weighted by atomic mass is 16.5. The first kappa shape index (κ1) is 16.2. The van der Waals surface area contributed by atoms with Crippen LogP contribution in [0, 0.1) is 12.8 Å². The Kier molecular flexibility index (Phi) is 4.38. The molecule has 1 aliphatic rings. The molecule has 3 rings (SSSR count). The van der Waals surface area contributed by atoms with Crippen LogP contribution in [0.5, 0.6) is 0 Å². The van der Waals surface area contributed by atoms with Gasteiger partial charge in [-0.05, 0) is 38.8 Å². The van der Waals surface area contributed by atoms with Crippen molar-refractivity contribution >= 4 is 28.6 Å². The number of nitrogens with one attached hydrogen (secondary N) is 1. The van der Waals surface area contributed by atoms with Crippen LogP contribution in [0.3, 0.4) is 0 Å². The fraction of sp³-hybridized carbons (Fsp3) is 0.389. The Balaban J connectivity index is 1.88. The fourth-order valence-electron chi connectivity index (χ4n) is 2.70. The Hall–Kier alpha value is -2.63. The average molecular weight is 329 g/mol. The molecule has 126 valence electrons. The minimum atomic E-state index is -0.554. The zero-order chi connectivity index (χ0) is 17.3. The molecule has 0 spiro atoms. The van der Waals surface area contributed by atoms with Crippen molar-refractivity contribution in [1.29, 1.82) is 0 Å². The van der Waals surface area contributed by atoms with Gasteiger partial charge in [0.15, 0.2) is 5.78 Å². The lowest BCUT2D eigenvalue weighted by atomic mass is 10.0. The van der Waals surface area contributed by atoms with E-state index in [4.69, 9.17) is 9.15 Å². The quantitative estimate of drug-likeness (QED) is 0.823. The molecule has 0 bridgehead atoms. The Labute approximate surface area is 139 Å². The van der Waals surface area contributed by atoms with E-state index >= 15 is 0 Å². The highest BCUT2D eigenvalue weighted by molar-refractivity contribution is 6.10. The van der Waals surface area contributed by atoms with Crippen molar-refractivity contribution in [2.24, 2.45) is 5.92 Å². The largest absolute Gasteiger partial charge is 0.460 e.